The van der Waals surface area contributed by atoms with Gasteiger partial charge in [0.25, 0.3) is 0 Å². The van der Waals surface area contributed by atoms with Crippen molar-refractivity contribution in [3.63, 3.8) is 0 Å². The predicted molar refractivity (Wildman–Crippen MR) is 147 cm³/mol. The molecule has 0 amide bonds. The fourth-order valence-electron chi connectivity index (χ4n) is 7.63. The molecule has 1 aromatic heterocycles. The number of aliphatic hydroxyl groups excluding tert-OH is 1. The molecule has 8 atom stereocenters. The lowest BCUT2D eigenvalue weighted by molar-refractivity contribution is -0.205. The summed E-state index contributed by atoms with van der Waals surface area (Å²) in [5.74, 6) is 0.179. The Morgan fingerprint density at radius 2 is 2.05 bits per heavy atom. The van der Waals surface area contributed by atoms with E-state index in [9.17, 15) is 14.7 Å². The van der Waals surface area contributed by atoms with Gasteiger partial charge in [0.2, 0.25) is 5.88 Å². The molecule has 4 rings (SSSR count). The van der Waals surface area contributed by atoms with E-state index >= 15 is 0 Å². The molecule has 1 aromatic rings. The van der Waals surface area contributed by atoms with Crippen LogP contribution >= 0.6 is 11.8 Å². The van der Waals surface area contributed by atoms with Gasteiger partial charge in [0.15, 0.2) is 5.16 Å². The van der Waals surface area contributed by atoms with Crippen molar-refractivity contribution in [1.29, 1.82) is 0 Å². The summed E-state index contributed by atoms with van der Waals surface area (Å²) in [6.45, 7) is 15.0. The lowest BCUT2D eigenvalue weighted by Crippen LogP contribution is -2.63. The van der Waals surface area contributed by atoms with E-state index in [1.165, 1.54) is 11.8 Å². The second-order valence-electron chi connectivity index (χ2n) is 12.1. The predicted octanol–water partition coefficient (Wildman–Crippen LogP) is 4.12. The average Bonchev–Trinajstić information content (AvgIpc) is 3.24. The lowest BCUT2D eigenvalue weighted by Gasteiger charge is -2.61. The van der Waals surface area contributed by atoms with E-state index in [2.05, 4.69) is 37.3 Å². The summed E-state index contributed by atoms with van der Waals surface area (Å²) < 4.78 is 11.8. The van der Waals surface area contributed by atoms with Gasteiger partial charge < -0.3 is 20.3 Å². The first-order valence-electron chi connectivity index (χ1n) is 13.8. The molecular formula is C29H43N3O5S. The second kappa shape index (κ2) is 10.9. The number of hydrogen-bond acceptors (Lipinski definition) is 9. The molecule has 0 saturated heterocycles. The standard InChI is InChI=1S/C29H43N3O5S/c1-7-27(5)15-21(37-23(34)16-38-26-31-18(3)14-22(32-26)36-13-12-30)28(6)17(2)8-10-29(19(4)25(27)35)11-9-20(33)24(28)29/h7,14,17,19,21,24-25,35H,1,8-13,15-16,30H2,2-6H3/t17-,19+,21-,24+,25+,27-,28-,29+/m1/s1. The van der Waals surface area contributed by atoms with Crippen molar-refractivity contribution >= 4 is 23.5 Å². The Labute approximate surface area is 230 Å². The number of aromatic nitrogens is 2. The van der Waals surface area contributed by atoms with Crippen LogP contribution in [0.4, 0.5) is 0 Å². The van der Waals surface area contributed by atoms with E-state index < -0.39 is 23.0 Å². The van der Waals surface area contributed by atoms with E-state index in [4.69, 9.17) is 15.2 Å². The maximum absolute atomic E-state index is 13.5. The largest absolute Gasteiger partial charge is 0.476 e. The van der Waals surface area contributed by atoms with Crippen molar-refractivity contribution in [3.8, 4) is 5.88 Å². The van der Waals surface area contributed by atoms with Crippen LogP contribution in [-0.2, 0) is 14.3 Å². The smallest absolute Gasteiger partial charge is 0.316 e. The van der Waals surface area contributed by atoms with Gasteiger partial charge in [-0.3, -0.25) is 9.59 Å². The van der Waals surface area contributed by atoms with Gasteiger partial charge in [-0.05, 0) is 49.9 Å². The van der Waals surface area contributed by atoms with Crippen LogP contribution in [0.5, 0.6) is 5.88 Å². The fraction of sp³-hybridized carbons (Fsp3) is 0.724. The van der Waals surface area contributed by atoms with Gasteiger partial charge in [-0.15, -0.1) is 6.58 Å². The average molecular weight is 546 g/mol. The number of carbonyl (C=O) groups excluding carboxylic acids is 2. The van der Waals surface area contributed by atoms with Crippen LogP contribution in [0, 0.1) is 40.9 Å². The van der Waals surface area contributed by atoms with E-state index in [0.717, 1.165) is 25.0 Å². The van der Waals surface area contributed by atoms with Crippen molar-refractivity contribution in [2.24, 2.45) is 39.7 Å². The Hall–Kier alpha value is -1.97. The summed E-state index contributed by atoms with van der Waals surface area (Å²) in [6, 6.07) is 1.73. The minimum atomic E-state index is -0.686. The molecule has 3 aliphatic rings. The molecule has 3 fully saturated rings. The molecule has 3 aliphatic carbocycles. The molecule has 1 heterocycles. The number of rotatable bonds is 8. The summed E-state index contributed by atoms with van der Waals surface area (Å²) in [4.78, 5) is 35.6. The summed E-state index contributed by atoms with van der Waals surface area (Å²) in [5.41, 5.74) is 4.77. The molecule has 3 saturated carbocycles. The zero-order chi connectivity index (χ0) is 27.9. The first kappa shape index (κ1) is 29.0. The zero-order valence-corrected chi connectivity index (χ0v) is 24.2. The maximum Gasteiger partial charge on any atom is 0.316 e. The molecule has 0 aromatic carbocycles. The second-order valence-corrected chi connectivity index (χ2v) is 13.1. The lowest BCUT2D eigenvalue weighted by atomic mass is 9.44. The number of nitrogens with zero attached hydrogens (tertiary/aromatic N) is 2. The van der Waals surface area contributed by atoms with Gasteiger partial charge in [-0.2, -0.15) is 4.98 Å². The van der Waals surface area contributed by atoms with E-state index in [1.807, 2.05) is 19.9 Å². The molecule has 210 valence electrons. The Balaban J connectivity index is 1.62. The van der Waals surface area contributed by atoms with Gasteiger partial charge in [-0.25, -0.2) is 4.98 Å². The van der Waals surface area contributed by atoms with Gasteiger partial charge in [0.1, 0.15) is 18.5 Å². The summed E-state index contributed by atoms with van der Waals surface area (Å²) >= 11 is 1.19. The molecular weight excluding hydrogens is 502 g/mol. The van der Waals surface area contributed by atoms with Crippen LogP contribution in [0.2, 0.25) is 0 Å². The molecule has 2 bridgehead atoms. The van der Waals surface area contributed by atoms with Gasteiger partial charge in [0, 0.05) is 41.5 Å². The fourth-order valence-corrected chi connectivity index (χ4v) is 8.31. The maximum atomic E-state index is 13.5. The number of thioether (sulfide) groups is 1. The molecule has 9 heteroatoms. The number of ether oxygens (including phenoxy) is 2. The van der Waals surface area contributed by atoms with Crippen LogP contribution in [0.15, 0.2) is 23.9 Å². The molecule has 0 radical (unpaired) electrons. The SMILES string of the molecule is C=C[C@]1(C)C[C@@H](OC(=O)CSc2nc(C)cc(OCCN)n2)[C@@]2(C)[C@H](C)CC[C@]3(CCC(=O)[C@H]32)[C@@H](C)[C@@H]1O. The third kappa shape index (κ3) is 4.90. The number of nitrogens with two attached hydrogens (primary N) is 1. The molecule has 3 N–H and O–H groups in total. The van der Waals surface area contributed by atoms with Crippen molar-refractivity contribution in [2.75, 3.05) is 18.9 Å². The number of Topliss-reactive ketones (excluding diaryl/α,β-unsaturated/α-hetero) is 1. The third-order valence-corrected chi connectivity index (χ3v) is 10.9. The van der Waals surface area contributed by atoms with Gasteiger partial charge in [-0.1, -0.05) is 45.5 Å². The molecule has 0 unspecified atom stereocenters. The first-order chi connectivity index (χ1) is 17.9. The van der Waals surface area contributed by atoms with Crippen LogP contribution < -0.4 is 10.5 Å². The number of aliphatic hydroxyl groups is 1. The van der Waals surface area contributed by atoms with Crippen LogP contribution in [0.25, 0.3) is 0 Å². The van der Waals surface area contributed by atoms with Crippen LogP contribution in [-0.4, -0.2) is 57.9 Å². The third-order valence-electron chi connectivity index (χ3n) is 10.1. The zero-order valence-electron chi connectivity index (χ0n) is 23.4. The van der Waals surface area contributed by atoms with E-state index in [0.29, 0.717) is 37.0 Å². The van der Waals surface area contributed by atoms with E-state index in [-0.39, 0.29) is 40.7 Å². The molecule has 38 heavy (non-hydrogen) atoms. The normalized spacial score (nSPS) is 38.6. The minimum absolute atomic E-state index is 0.0221. The van der Waals surface area contributed by atoms with Gasteiger partial charge >= 0.3 is 5.97 Å². The Morgan fingerprint density at radius 3 is 2.74 bits per heavy atom. The van der Waals surface area contributed by atoms with Crippen molar-refractivity contribution in [3.05, 3.63) is 24.4 Å². The van der Waals surface area contributed by atoms with Crippen molar-refractivity contribution in [2.45, 2.75) is 84.1 Å². The van der Waals surface area contributed by atoms with E-state index in [1.54, 1.807) is 6.07 Å². The number of esters is 1. The molecule has 0 spiro atoms. The number of carbonyl (C=O) groups is 2. The quantitative estimate of drug-likeness (QED) is 0.215. The van der Waals surface area contributed by atoms with Crippen LogP contribution in [0.1, 0.15) is 65.5 Å². The Kier molecular flexibility index (Phi) is 8.32. The number of hydrogen-bond donors (Lipinski definition) is 2. The Bertz CT molecular complexity index is 1080. The summed E-state index contributed by atoms with van der Waals surface area (Å²) in [6.07, 6.45) is 4.14. The van der Waals surface area contributed by atoms with Crippen molar-refractivity contribution in [1.82, 2.24) is 9.97 Å². The number of ketones is 1. The first-order valence-corrected chi connectivity index (χ1v) is 14.7. The van der Waals surface area contributed by atoms with Crippen LogP contribution in [0.3, 0.4) is 0 Å². The highest BCUT2D eigenvalue weighted by Crippen LogP contribution is 2.68. The topological polar surface area (TPSA) is 125 Å². The summed E-state index contributed by atoms with van der Waals surface area (Å²) in [5, 5.41) is 12.1. The van der Waals surface area contributed by atoms with Gasteiger partial charge in [0.05, 0.1) is 11.9 Å². The molecule has 8 nitrogen and oxygen atoms in total. The highest BCUT2D eigenvalue weighted by Gasteiger charge is 2.68. The summed E-state index contributed by atoms with van der Waals surface area (Å²) in [7, 11) is 0. The molecule has 0 aliphatic heterocycles. The highest BCUT2D eigenvalue weighted by atomic mass is 32.2. The highest BCUT2D eigenvalue weighted by molar-refractivity contribution is 7.99. The minimum Gasteiger partial charge on any atom is -0.476 e. The van der Waals surface area contributed by atoms with Crippen molar-refractivity contribution < 1.29 is 24.2 Å². The monoisotopic (exact) mass is 545 g/mol. The Morgan fingerprint density at radius 1 is 1.32 bits per heavy atom. The number of aryl methyl sites for hydroxylation is 1.